The van der Waals surface area contributed by atoms with E-state index in [4.69, 9.17) is 16.3 Å². The fraction of sp³-hybridized carbons (Fsp3) is 0.609. The fourth-order valence-electron chi connectivity index (χ4n) is 4.59. The highest BCUT2D eigenvalue weighted by atomic mass is 32.2. The average Bonchev–Trinajstić information content (AvgIpc) is 2.83. The molecule has 37 heavy (non-hydrogen) atoms. The highest BCUT2D eigenvalue weighted by molar-refractivity contribution is 7.89. The van der Waals surface area contributed by atoms with Gasteiger partial charge in [-0.25, -0.2) is 13.2 Å². The Kier molecular flexibility index (Phi) is 10.7. The van der Waals surface area contributed by atoms with Crippen molar-refractivity contribution in [2.24, 2.45) is 22.4 Å². The summed E-state index contributed by atoms with van der Waals surface area (Å²) in [6.07, 6.45) is 2.84. The minimum atomic E-state index is -4.12. The Morgan fingerprint density at radius 2 is 2.05 bits per heavy atom. The molecule has 13 nitrogen and oxygen atoms in total. The van der Waals surface area contributed by atoms with Crippen LogP contribution in [0.25, 0.3) is 0 Å². The molecule has 1 aromatic rings. The lowest BCUT2D eigenvalue weighted by atomic mass is 9.96. The molecule has 0 aromatic heterocycles. The van der Waals surface area contributed by atoms with Crippen LogP contribution in [0.5, 0.6) is 0 Å². The van der Waals surface area contributed by atoms with Crippen LogP contribution in [0.1, 0.15) is 44.6 Å². The second-order valence-electron chi connectivity index (χ2n) is 9.37. The van der Waals surface area contributed by atoms with Crippen LogP contribution in [-0.4, -0.2) is 85.0 Å². The van der Waals surface area contributed by atoms with Gasteiger partial charge in [-0.2, -0.15) is 4.31 Å². The molecule has 0 saturated carbocycles. The van der Waals surface area contributed by atoms with Crippen molar-refractivity contribution in [3.8, 4) is 0 Å². The van der Waals surface area contributed by atoms with Crippen molar-refractivity contribution in [3.05, 3.63) is 23.8 Å². The number of likely N-dealkylation sites (N-methyl/N-ethyl adjacent to an activating group) is 1. The monoisotopic (exact) mass is 542 g/mol. The number of hydrogen-bond donors (Lipinski definition) is 4. The van der Waals surface area contributed by atoms with Crippen LogP contribution >= 0.6 is 0 Å². The first-order valence-electron chi connectivity index (χ1n) is 12.1. The number of rotatable bonds is 10. The second kappa shape index (κ2) is 13.0. The highest BCUT2D eigenvalue weighted by Gasteiger charge is 2.39. The zero-order valence-electron chi connectivity index (χ0n) is 21.2. The summed E-state index contributed by atoms with van der Waals surface area (Å²) in [7, 11) is -2.79. The lowest BCUT2D eigenvalue weighted by Crippen LogP contribution is -2.50. The molecular formula is C23H38N6O7S. The molecule has 1 fully saturated rings. The van der Waals surface area contributed by atoms with Crippen LogP contribution in [0.3, 0.4) is 0 Å². The first-order chi connectivity index (χ1) is 17.0. The summed E-state index contributed by atoms with van der Waals surface area (Å²) in [6, 6.07) is 2.91. The quantitative estimate of drug-likeness (QED) is 0.175. The molecule has 2 heterocycles. The Balaban J connectivity index is 0.00000481. The maximum atomic E-state index is 13.7. The average molecular weight is 543 g/mol. The molecule has 0 aliphatic carbocycles. The van der Waals surface area contributed by atoms with Crippen LogP contribution in [0.4, 0.5) is 5.69 Å². The van der Waals surface area contributed by atoms with Gasteiger partial charge in [0, 0.05) is 26.7 Å². The second-order valence-corrected chi connectivity index (χ2v) is 11.3. The maximum Gasteiger partial charge on any atom is 0.343 e. The normalized spacial score (nSPS) is 20.6. The number of guanidine groups is 1. The number of anilines is 1. The zero-order valence-corrected chi connectivity index (χ0v) is 22.0. The van der Waals surface area contributed by atoms with E-state index in [2.05, 4.69) is 17.2 Å². The van der Waals surface area contributed by atoms with E-state index in [0.717, 1.165) is 21.4 Å². The first kappa shape index (κ1) is 30.3. The van der Waals surface area contributed by atoms with E-state index >= 15 is 0 Å². The SMILES string of the molecule is CC1CNc2c(cccc2S(=O)(=O)N(C)[C@H](CCCN=C(N)N)C(=O)ON2CCCCC2C(=O)O)C1.O. The molecule has 2 unspecified atom stereocenters. The molecule has 3 atom stereocenters. The zero-order chi connectivity index (χ0) is 26.5. The van der Waals surface area contributed by atoms with Crippen LogP contribution < -0.4 is 16.8 Å². The molecule has 2 aliphatic rings. The van der Waals surface area contributed by atoms with E-state index < -0.39 is 34.0 Å². The number of hydroxylamine groups is 2. The predicted molar refractivity (Wildman–Crippen MR) is 138 cm³/mol. The summed E-state index contributed by atoms with van der Waals surface area (Å²) in [5.74, 6) is -1.68. The molecule has 3 rings (SSSR count). The standard InChI is InChI=1S/C23H36N6O6S.H2O/c1-15-13-16-7-5-10-19(20(16)27-14-15)36(33,34)28(2)18(9-6-11-26-23(24)25)22(32)35-29-12-4-3-8-17(29)21(30)31;/h5,7,10,15,17-18,27H,3-4,6,8-9,11-14H2,1-2H3,(H,30,31)(H4,24,25,26);1H2/t15?,17?,18-;/m1./s1. The van der Waals surface area contributed by atoms with Crippen LogP contribution in [0, 0.1) is 5.92 Å². The third-order valence-corrected chi connectivity index (χ3v) is 8.46. The smallest absolute Gasteiger partial charge is 0.343 e. The molecule has 1 aromatic carbocycles. The molecule has 0 spiro atoms. The van der Waals surface area contributed by atoms with Crippen molar-refractivity contribution in [2.75, 3.05) is 32.0 Å². The van der Waals surface area contributed by atoms with Gasteiger partial charge in [-0.05, 0) is 56.1 Å². The molecule has 0 bridgehead atoms. The Morgan fingerprint density at radius 1 is 1.32 bits per heavy atom. The van der Waals surface area contributed by atoms with Crippen molar-refractivity contribution in [2.45, 2.75) is 62.4 Å². The topological polar surface area (TPSA) is 212 Å². The number of carbonyl (C=O) groups is 2. The van der Waals surface area contributed by atoms with Gasteiger partial charge in [0.2, 0.25) is 10.0 Å². The van der Waals surface area contributed by atoms with E-state index in [1.807, 2.05) is 6.07 Å². The van der Waals surface area contributed by atoms with Crippen molar-refractivity contribution in [1.29, 1.82) is 0 Å². The summed E-state index contributed by atoms with van der Waals surface area (Å²) in [5, 5.41) is 13.9. The summed E-state index contributed by atoms with van der Waals surface area (Å²) in [5.41, 5.74) is 12.2. The number of carboxylic acid groups (broad SMARTS) is 1. The summed E-state index contributed by atoms with van der Waals surface area (Å²) >= 11 is 0. The number of nitrogens with one attached hydrogen (secondary N) is 1. The van der Waals surface area contributed by atoms with Gasteiger partial charge >= 0.3 is 11.9 Å². The number of nitrogens with two attached hydrogens (primary N) is 2. The van der Waals surface area contributed by atoms with Crippen LogP contribution in [-0.2, 0) is 30.9 Å². The predicted octanol–water partition coefficient (Wildman–Crippen LogP) is -0.0940. The van der Waals surface area contributed by atoms with Crippen molar-refractivity contribution < 1.29 is 33.4 Å². The molecule has 208 valence electrons. The number of aliphatic imine (C=N–C) groups is 1. The number of piperidine rings is 1. The number of hydrogen-bond acceptors (Lipinski definition) is 8. The Labute approximate surface area is 217 Å². The van der Waals surface area contributed by atoms with E-state index in [1.54, 1.807) is 6.07 Å². The van der Waals surface area contributed by atoms with E-state index in [-0.39, 0.29) is 35.8 Å². The van der Waals surface area contributed by atoms with Gasteiger partial charge in [0.15, 0.2) is 5.96 Å². The Bertz CT molecular complexity index is 1090. The van der Waals surface area contributed by atoms with E-state index in [1.165, 1.54) is 13.1 Å². The van der Waals surface area contributed by atoms with Gasteiger partial charge in [0.1, 0.15) is 17.0 Å². The van der Waals surface area contributed by atoms with Crippen molar-refractivity contribution in [1.82, 2.24) is 9.37 Å². The molecule has 0 amide bonds. The van der Waals surface area contributed by atoms with E-state index in [9.17, 15) is 23.1 Å². The van der Waals surface area contributed by atoms with Crippen LogP contribution in [0.2, 0.25) is 0 Å². The first-order valence-corrected chi connectivity index (χ1v) is 13.6. The summed E-state index contributed by atoms with van der Waals surface area (Å²) < 4.78 is 28.5. The lowest BCUT2D eigenvalue weighted by molar-refractivity contribution is -0.215. The minimum Gasteiger partial charge on any atom is -0.480 e. The van der Waals surface area contributed by atoms with E-state index in [0.29, 0.717) is 43.8 Å². The molecule has 14 heteroatoms. The molecular weight excluding hydrogens is 504 g/mol. The van der Waals surface area contributed by atoms with Gasteiger partial charge < -0.3 is 32.2 Å². The summed E-state index contributed by atoms with van der Waals surface area (Å²) in [4.78, 5) is 34.4. The lowest BCUT2D eigenvalue weighted by Gasteiger charge is -2.34. The number of carboxylic acids is 1. The largest absolute Gasteiger partial charge is 0.480 e. The number of para-hydroxylation sites is 1. The molecule has 8 N–H and O–H groups in total. The third kappa shape index (κ3) is 7.31. The Morgan fingerprint density at radius 3 is 2.73 bits per heavy atom. The van der Waals surface area contributed by atoms with Gasteiger partial charge in [0.25, 0.3) is 0 Å². The third-order valence-electron chi connectivity index (χ3n) is 6.55. The van der Waals surface area contributed by atoms with Crippen LogP contribution in [0.15, 0.2) is 28.1 Å². The van der Waals surface area contributed by atoms with Gasteiger partial charge in [-0.3, -0.25) is 9.79 Å². The maximum absolute atomic E-state index is 13.7. The van der Waals surface area contributed by atoms with Gasteiger partial charge in [-0.15, -0.1) is 5.06 Å². The molecule has 1 saturated heterocycles. The number of benzene rings is 1. The van der Waals surface area contributed by atoms with Gasteiger partial charge in [-0.1, -0.05) is 19.1 Å². The number of nitrogens with zero attached hydrogens (tertiary/aromatic N) is 3. The number of aliphatic carboxylic acids is 1. The molecule has 0 radical (unpaired) electrons. The molecule has 2 aliphatic heterocycles. The van der Waals surface area contributed by atoms with Crippen molar-refractivity contribution >= 4 is 33.6 Å². The summed E-state index contributed by atoms with van der Waals surface area (Å²) in [6.45, 7) is 3.17. The Hall–Kier alpha value is -2.94. The number of carbonyl (C=O) groups excluding carboxylic acids is 1. The minimum absolute atomic E-state index is 0. The number of sulfonamides is 1. The fourth-order valence-corrected chi connectivity index (χ4v) is 6.14. The van der Waals surface area contributed by atoms with Gasteiger partial charge in [0.05, 0.1) is 5.69 Å². The highest BCUT2D eigenvalue weighted by Crippen LogP contribution is 2.33. The van der Waals surface area contributed by atoms with Crippen molar-refractivity contribution in [3.63, 3.8) is 0 Å². The number of fused-ring (bicyclic) bond motifs is 1.